The molecule has 1 rings (SSSR count). The Kier molecular flexibility index (Phi) is 4.16. The van der Waals surface area contributed by atoms with Crippen LogP contribution in [0.25, 0.3) is 0 Å². The Bertz CT molecular complexity index is 146. The molecule has 1 aliphatic carbocycles. The molecule has 78 valence electrons. The molecule has 0 amide bonds. The maximum Gasteiger partial charge on any atom is 0.0593 e. The average Bonchev–Trinajstić information content (AvgIpc) is 2.86. The minimum absolute atomic E-state index is 0.459. The Morgan fingerprint density at radius 3 is 2.62 bits per heavy atom. The maximum atomic E-state index is 5.71. The van der Waals surface area contributed by atoms with E-state index in [2.05, 4.69) is 11.9 Å². The Hall–Kier alpha value is -0.120. The topological polar surface area (TPSA) is 38.5 Å². The molecule has 1 saturated carbocycles. The Morgan fingerprint density at radius 1 is 1.46 bits per heavy atom. The molecule has 0 spiro atoms. The van der Waals surface area contributed by atoms with Gasteiger partial charge in [-0.05, 0) is 38.8 Å². The number of hydrogen-bond donors (Lipinski definition) is 1. The Balaban J connectivity index is 2.07. The molecule has 3 nitrogen and oxygen atoms in total. The first kappa shape index (κ1) is 11.0. The Labute approximate surface area is 81.2 Å². The van der Waals surface area contributed by atoms with E-state index in [1.807, 2.05) is 6.92 Å². The number of hydrogen-bond acceptors (Lipinski definition) is 3. The summed E-state index contributed by atoms with van der Waals surface area (Å²) in [6.45, 7) is 6.68. The van der Waals surface area contributed by atoms with Gasteiger partial charge >= 0.3 is 0 Å². The second kappa shape index (κ2) is 4.94. The monoisotopic (exact) mass is 186 g/mol. The van der Waals surface area contributed by atoms with Crippen LogP contribution in [0.15, 0.2) is 0 Å². The minimum atomic E-state index is 0.459. The molecule has 0 bridgehead atoms. The van der Waals surface area contributed by atoms with Gasteiger partial charge in [0.05, 0.1) is 6.61 Å². The predicted molar refractivity (Wildman–Crippen MR) is 54.7 cm³/mol. The molecule has 0 atom stereocenters. The third kappa shape index (κ3) is 3.63. The van der Waals surface area contributed by atoms with E-state index in [0.29, 0.717) is 5.41 Å². The van der Waals surface area contributed by atoms with Crippen LogP contribution in [0.3, 0.4) is 0 Å². The number of nitrogens with zero attached hydrogens (tertiary/aromatic N) is 1. The van der Waals surface area contributed by atoms with Crippen LogP contribution in [-0.4, -0.2) is 44.8 Å². The molecule has 13 heavy (non-hydrogen) atoms. The summed E-state index contributed by atoms with van der Waals surface area (Å²) < 4.78 is 5.30. The molecule has 0 aromatic heterocycles. The standard InChI is InChI=1S/C10H22N2O/c1-3-13-7-6-12(2)9-10(8-11)4-5-10/h3-9,11H2,1-2H3. The van der Waals surface area contributed by atoms with Crippen LogP contribution in [0, 0.1) is 5.41 Å². The van der Waals surface area contributed by atoms with E-state index in [4.69, 9.17) is 10.5 Å². The number of rotatable bonds is 7. The summed E-state index contributed by atoms with van der Waals surface area (Å²) in [7, 11) is 2.15. The van der Waals surface area contributed by atoms with Crippen molar-refractivity contribution in [3.8, 4) is 0 Å². The number of likely N-dealkylation sites (N-methyl/N-ethyl adjacent to an activating group) is 1. The van der Waals surface area contributed by atoms with Gasteiger partial charge in [0.25, 0.3) is 0 Å². The van der Waals surface area contributed by atoms with E-state index in [-0.39, 0.29) is 0 Å². The summed E-state index contributed by atoms with van der Waals surface area (Å²) in [5.41, 5.74) is 6.17. The molecule has 0 aromatic rings. The van der Waals surface area contributed by atoms with Crippen molar-refractivity contribution in [2.24, 2.45) is 11.1 Å². The maximum absolute atomic E-state index is 5.71. The van der Waals surface area contributed by atoms with Crippen molar-refractivity contribution in [2.75, 3.05) is 39.9 Å². The van der Waals surface area contributed by atoms with Crippen LogP contribution < -0.4 is 5.73 Å². The van der Waals surface area contributed by atoms with Crippen molar-refractivity contribution in [2.45, 2.75) is 19.8 Å². The molecule has 0 aromatic carbocycles. The van der Waals surface area contributed by atoms with E-state index < -0.39 is 0 Å². The van der Waals surface area contributed by atoms with Gasteiger partial charge in [-0.1, -0.05) is 0 Å². The fourth-order valence-electron chi connectivity index (χ4n) is 1.62. The third-order valence-electron chi connectivity index (χ3n) is 2.82. The van der Waals surface area contributed by atoms with Gasteiger partial charge in [-0.25, -0.2) is 0 Å². The summed E-state index contributed by atoms with van der Waals surface area (Å²) in [5.74, 6) is 0. The molecule has 0 aliphatic heterocycles. The predicted octanol–water partition coefficient (Wildman–Crippen LogP) is 0.694. The average molecular weight is 186 g/mol. The van der Waals surface area contributed by atoms with Gasteiger partial charge in [0, 0.05) is 19.7 Å². The van der Waals surface area contributed by atoms with Gasteiger partial charge in [0.2, 0.25) is 0 Å². The lowest BCUT2D eigenvalue weighted by Crippen LogP contribution is -2.33. The van der Waals surface area contributed by atoms with Crippen LogP contribution in [0.1, 0.15) is 19.8 Å². The zero-order chi connectivity index (χ0) is 9.73. The minimum Gasteiger partial charge on any atom is -0.380 e. The van der Waals surface area contributed by atoms with Crippen molar-refractivity contribution >= 4 is 0 Å². The van der Waals surface area contributed by atoms with Crippen molar-refractivity contribution < 1.29 is 4.74 Å². The van der Waals surface area contributed by atoms with Crippen molar-refractivity contribution in [3.05, 3.63) is 0 Å². The van der Waals surface area contributed by atoms with E-state index >= 15 is 0 Å². The molecule has 1 fully saturated rings. The van der Waals surface area contributed by atoms with Crippen LogP contribution in [0.2, 0.25) is 0 Å². The summed E-state index contributed by atoms with van der Waals surface area (Å²) in [6, 6.07) is 0. The summed E-state index contributed by atoms with van der Waals surface area (Å²) in [5, 5.41) is 0. The highest BCUT2D eigenvalue weighted by Gasteiger charge is 2.41. The van der Waals surface area contributed by atoms with Crippen LogP contribution >= 0.6 is 0 Å². The highest BCUT2D eigenvalue weighted by molar-refractivity contribution is 4.95. The first-order valence-corrected chi connectivity index (χ1v) is 5.19. The lowest BCUT2D eigenvalue weighted by atomic mass is 10.1. The van der Waals surface area contributed by atoms with E-state index in [1.54, 1.807) is 0 Å². The van der Waals surface area contributed by atoms with Gasteiger partial charge in [0.1, 0.15) is 0 Å². The third-order valence-corrected chi connectivity index (χ3v) is 2.82. The first-order chi connectivity index (χ1) is 6.22. The van der Waals surface area contributed by atoms with Crippen LogP contribution in [-0.2, 0) is 4.74 Å². The van der Waals surface area contributed by atoms with Crippen molar-refractivity contribution in [1.82, 2.24) is 4.90 Å². The number of ether oxygens (including phenoxy) is 1. The van der Waals surface area contributed by atoms with Gasteiger partial charge in [-0.15, -0.1) is 0 Å². The number of nitrogens with two attached hydrogens (primary N) is 1. The molecule has 0 heterocycles. The SMILES string of the molecule is CCOCCN(C)CC1(CN)CC1. The quantitative estimate of drug-likeness (QED) is 0.595. The molecule has 0 unspecified atom stereocenters. The second-order valence-corrected chi connectivity index (χ2v) is 4.14. The molecule has 0 saturated heterocycles. The van der Waals surface area contributed by atoms with E-state index in [1.165, 1.54) is 12.8 Å². The normalized spacial score (nSPS) is 19.4. The van der Waals surface area contributed by atoms with Gasteiger partial charge in [0.15, 0.2) is 0 Å². The molecular formula is C10H22N2O. The van der Waals surface area contributed by atoms with Gasteiger partial charge < -0.3 is 15.4 Å². The smallest absolute Gasteiger partial charge is 0.0593 e. The van der Waals surface area contributed by atoms with Crippen LogP contribution in [0.5, 0.6) is 0 Å². The van der Waals surface area contributed by atoms with E-state index in [9.17, 15) is 0 Å². The van der Waals surface area contributed by atoms with Crippen molar-refractivity contribution in [1.29, 1.82) is 0 Å². The fraction of sp³-hybridized carbons (Fsp3) is 1.00. The molecule has 3 heteroatoms. The lowest BCUT2D eigenvalue weighted by Gasteiger charge is -2.22. The summed E-state index contributed by atoms with van der Waals surface area (Å²) in [4.78, 5) is 2.33. The lowest BCUT2D eigenvalue weighted by molar-refractivity contribution is 0.115. The largest absolute Gasteiger partial charge is 0.380 e. The molecular weight excluding hydrogens is 164 g/mol. The Morgan fingerprint density at radius 2 is 2.15 bits per heavy atom. The molecule has 1 aliphatic rings. The molecule has 0 radical (unpaired) electrons. The zero-order valence-corrected chi connectivity index (χ0v) is 8.88. The van der Waals surface area contributed by atoms with Gasteiger partial charge in [-0.3, -0.25) is 0 Å². The second-order valence-electron chi connectivity index (χ2n) is 4.14. The summed E-state index contributed by atoms with van der Waals surface area (Å²) in [6.07, 6.45) is 2.62. The van der Waals surface area contributed by atoms with Gasteiger partial charge in [-0.2, -0.15) is 0 Å². The van der Waals surface area contributed by atoms with E-state index in [0.717, 1.165) is 32.8 Å². The highest BCUT2D eigenvalue weighted by Crippen LogP contribution is 2.44. The highest BCUT2D eigenvalue weighted by atomic mass is 16.5. The fourth-order valence-corrected chi connectivity index (χ4v) is 1.62. The first-order valence-electron chi connectivity index (χ1n) is 5.19. The molecule has 2 N–H and O–H groups in total. The summed E-state index contributed by atoms with van der Waals surface area (Å²) >= 11 is 0. The van der Waals surface area contributed by atoms with Crippen LogP contribution in [0.4, 0.5) is 0 Å². The van der Waals surface area contributed by atoms with Crippen molar-refractivity contribution in [3.63, 3.8) is 0 Å². The zero-order valence-electron chi connectivity index (χ0n) is 8.88.